The van der Waals surface area contributed by atoms with Gasteiger partial charge in [-0.05, 0) is 49.2 Å². The number of rotatable bonds is 11. The number of halogens is 3. The number of nitrogens with two attached hydrogens (primary N) is 1. The van der Waals surface area contributed by atoms with Crippen molar-refractivity contribution in [2.24, 2.45) is 5.73 Å². The second kappa shape index (κ2) is 11.1. The number of nitrogens with zero attached hydrogens (tertiary/aromatic N) is 2. The summed E-state index contributed by atoms with van der Waals surface area (Å²) in [6.07, 6.45) is -3.98. The van der Waals surface area contributed by atoms with Gasteiger partial charge in [-0.15, -0.1) is 10.2 Å². The Bertz CT molecular complexity index is 1090. The molecule has 1 heterocycles. The van der Waals surface area contributed by atoms with Crippen LogP contribution in [0.3, 0.4) is 0 Å². The molecule has 0 aliphatic rings. The van der Waals surface area contributed by atoms with E-state index >= 15 is 0 Å². The van der Waals surface area contributed by atoms with Gasteiger partial charge in [0.25, 0.3) is 0 Å². The number of hydrogen-bond acceptors (Lipinski definition) is 8. The van der Waals surface area contributed by atoms with Crippen LogP contribution in [-0.2, 0) is 22.9 Å². The molecular formula is C23H26F3N3O4S. The molecule has 0 saturated carbocycles. The summed E-state index contributed by atoms with van der Waals surface area (Å²) in [5.74, 6) is 0.454. The van der Waals surface area contributed by atoms with Crippen molar-refractivity contribution in [1.82, 2.24) is 10.2 Å². The molecule has 2 aromatic carbocycles. The average Bonchev–Trinajstić information content (AvgIpc) is 3.32. The van der Waals surface area contributed by atoms with Gasteiger partial charge in [-0.3, -0.25) is 0 Å². The summed E-state index contributed by atoms with van der Waals surface area (Å²) in [4.78, 5) is 0. The van der Waals surface area contributed by atoms with Gasteiger partial charge in [-0.25, -0.2) is 0 Å². The molecule has 0 spiro atoms. The lowest BCUT2D eigenvalue weighted by atomic mass is 10.1. The second-order valence-corrected chi connectivity index (χ2v) is 8.74. The first-order chi connectivity index (χ1) is 16.1. The zero-order valence-electron chi connectivity index (χ0n) is 18.8. The summed E-state index contributed by atoms with van der Waals surface area (Å²) in [5, 5.41) is 17.8. The van der Waals surface area contributed by atoms with E-state index < -0.39 is 17.3 Å². The molecule has 34 heavy (non-hydrogen) atoms. The Morgan fingerprint density at radius 2 is 1.85 bits per heavy atom. The predicted octanol–water partition coefficient (Wildman–Crippen LogP) is 4.04. The van der Waals surface area contributed by atoms with Crippen LogP contribution in [0, 0.1) is 0 Å². The molecule has 0 aliphatic heterocycles. The maximum atomic E-state index is 13.7. The number of benzene rings is 2. The molecule has 0 saturated heterocycles. The summed E-state index contributed by atoms with van der Waals surface area (Å²) in [5.41, 5.74) is 5.14. The van der Waals surface area contributed by atoms with Gasteiger partial charge in [0, 0.05) is 5.56 Å². The van der Waals surface area contributed by atoms with E-state index in [0.717, 1.165) is 28.7 Å². The van der Waals surface area contributed by atoms with Crippen LogP contribution in [0.5, 0.6) is 11.5 Å². The van der Waals surface area contributed by atoms with Gasteiger partial charge in [0.2, 0.25) is 0 Å². The van der Waals surface area contributed by atoms with E-state index in [0.29, 0.717) is 18.0 Å². The fourth-order valence-electron chi connectivity index (χ4n) is 2.98. The quantitative estimate of drug-likeness (QED) is 0.386. The number of aliphatic hydroxyl groups excluding tert-OH is 1. The Kier molecular flexibility index (Phi) is 8.47. The second-order valence-electron chi connectivity index (χ2n) is 7.76. The Hall–Kier alpha value is -2.73. The highest BCUT2D eigenvalue weighted by Gasteiger charge is 2.35. The third-order valence-corrected chi connectivity index (χ3v) is 6.18. The van der Waals surface area contributed by atoms with Crippen LogP contribution in [-0.4, -0.2) is 48.8 Å². The third kappa shape index (κ3) is 6.66. The monoisotopic (exact) mass is 497 g/mol. The molecule has 0 bridgehead atoms. The Balaban J connectivity index is 1.60. The van der Waals surface area contributed by atoms with Gasteiger partial charge in [-0.1, -0.05) is 23.5 Å². The van der Waals surface area contributed by atoms with Crippen LogP contribution in [0.1, 0.15) is 23.1 Å². The van der Waals surface area contributed by atoms with Crippen LogP contribution in [0.2, 0.25) is 0 Å². The standard InChI is InChI=1S/C23H26F3N3O4S/c1-22(27,14-30)21-29-28-20(34-21)16-6-7-19(18(13-16)23(24,25)26)33-11-10-32-9-8-15-4-3-5-17(12-15)31-2/h3-7,12-13,30H,8-11,14,27H2,1-2H3. The molecule has 3 N–H and O–H groups in total. The minimum Gasteiger partial charge on any atom is -0.497 e. The summed E-state index contributed by atoms with van der Waals surface area (Å²) in [6.45, 7) is 1.69. The Labute approximate surface area is 199 Å². The van der Waals surface area contributed by atoms with E-state index in [9.17, 15) is 18.3 Å². The van der Waals surface area contributed by atoms with Gasteiger partial charge in [0.15, 0.2) is 0 Å². The van der Waals surface area contributed by atoms with Crippen LogP contribution >= 0.6 is 11.3 Å². The maximum absolute atomic E-state index is 13.7. The summed E-state index contributed by atoms with van der Waals surface area (Å²) >= 11 is 1.03. The SMILES string of the molecule is COc1cccc(CCOCCOc2ccc(-c3nnc(C(C)(N)CO)s3)cc2C(F)(F)F)c1. The lowest BCUT2D eigenvalue weighted by molar-refractivity contribution is -0.139. The van der Waals surface area contributed by atoms with Crippen molar-refractivity contribution in [3.8, 4) is 22.1 Å². The molecule has 1 atom stereocenters. The van der Waals surface area contributed by atoms with Crippen molar-refractivity contribution in [2.45, 2.75) is 25.1 Å². The minimum atomic E-state index is -4.63. The number of hydrogen-bond donors (Lipinski definition) is 2. The van der Waals surface area contributed by atoms with E-state index in [4.69, 9.17) is 19.9 Å². The normalized spacial score (nSPS) is 13.5. The Morgan fingerprint density at radius 1 is 1.06 bits per heavy atom. The van der Waals surface area contributed by atoms with Gasteiger partial charge < -0.3 is 25.1 Å². The molecular weight excluding hydrogens is 471 g/mol. The van der Waals surface area contributed by atoms with Crippen molar-refractivity contribution < 1.29 is 32.5 Å². The molecule has 3 rings (SSSR count). The molecule has 0 aliphatic carbocycles. The van der Waals surface area contributed by atoms with E-state index in [1.165, 1.54) is 12.1 Å². The lowest BCUT2D eigenvalue weighted by Gasteiger charge is -2.17. The van der Waals surface area contributed by atoms with E-state index in [-0.39, 0.29) is 36.1 Å². The van der Waals surface area contributed by atoms with Crippen molar-refractivity contribution in [3.05, 3.63) is 58.6 Å². The number of ether oxygens (including phenoxy) is 3. The average molecular weight is 498 g/mol. The van der Waals surface area contributed by atoms with E-state index in [1.807, 2.05) is 24.3 Å². The fraction of sp³-hybridized carbons (Fsp3) is 0.391. The van der Waals surface area contributed by atoms with E-state index in [1.54, 1.807) is 14.0 Å². The first-order valence-electron chi connectivity index (χ1n) is 10.4. The lowest BCUT2D eigenvalue weighted by Crippen LogP contribution is -2.36. The predicted molar refractivity (Wildman–Crippen MR) is 122 cm³/mol. The molecule has 1 unspecified atom stereocenters. The van der Waals surface area contributed by atoms with Crippen molar-refractivity contribution in [3.63, 3.8) is 0 Å². The van der Waals surface area contributed by atoms with Gasteiger partial charge >= 0.3 is 6.18 Å². The summed E-state index contributed by atoms with van der Waals surface area (Å²) in [6, 6.07) is 11.3. The molecule has 1 aromatic heterocycles. The number of aromatic nitrogens is 2. The van der Waals surface area contributed by atoms with Crippen LogP contribution in [0.4, 0.5) is 13.2 Å². The number of aliphatic hydroxyl groups is 1. The number of methoxy groups -OCH3 is 1. The molecule has 184 valence electrons. The highest BCUT2D eigenvalue weighted by molar-refractivity contribution is 7.14. The van der Waals surface area contributed by atoms with Crippen LogP contribution in [0.25, 0.3) is 10.6 Å². The van der Waals surface area contributed by atoms with Crippen LogP contribution in [0.15, 0.2) is 42.5 Å². The zero-order chi connectivity index (χ0) is 24.8. The first-order valence-corrected chi connectivity index (χ1v) is 11.2. The molecule has 0 amide bonds. The fourth-order valence-corrected chi connectivity index (χ4v) is 3.87. The highest BCUT2D eigenvalue weighted by atomic mass is 32.1. The van der Waals surface area contributed by atoms with Gasteiger partial charge in [0.1, 0.15) is 28.1 Å². The van der Waals surface area contributed by atoms with Crippen molar-refractivity contribution in [1.29, 1.82) is 0 Å². The van der Waals surface area contributed by atoms with Crippen molar-refractivity contribution >= 4 is 11.3 Å². The van der Waals surface area contributed by atoms with Crippen molar-refractivity contribution in [2.75, 3.05) is 33.5 Å². The molecule has 0 fully saturated rings. The summed E-state index contributed by atoms with van der Waals surface area (Å²) in [7, 11) is 1.59. The van der Waals surface area contributed by atoms with Gasteiger partial charge in [0.05, 0.1) is 38.0 Å². The van der Waals surface area contributed by atoms with Crippen LogP contribution < -0.4 is 15.2 Å². The number of alkyl halides is 3. The topological polar surface area (TPSA) is 99.7 Å². The first kappa shape index (κ1) is 25.9. The molecule has 11 heteroatoms. The molecule has 3 aromatic rings. The summed E-state index contributed by atoms with van der Waals surface area (Å²) < 4.78 is 57.0. The zero-order valence-corrected chi connectivity index (χ0v) is 19.6. The maximum Gasteiger partial charge on any atom is 0.419 e. The molecule has 0 radical (unpaired) electrons. The van der Waals surface area contributed by atoms with E-state index in [2.05, 4.69) is 10.2 Å². The smallest absolute Gasteiger partial charge is 0.419 e. The molecule has 7 nitrogen and oxygen atoms in total. The third-order valence-electron chi connectivity index (χ3n) is 4.93. The van der Waals surface area contributed by atoms with Gasteiger partial charge in [-0.2, -0.15) is 13.2 Å². The minimum absolute atomic E-state index is 0.0362. The Morgan fingerprint density at radius 3 is 2.56 bits per heavy atom. The largest absolute Gasteiger partial charge is 0.497 e. The highest BCUT2D eigenvalue weighted by Crippen LogP contribution is 2.39.